The normalized spacial score (nSPS) is 16.0. The van der Waals surface area contributed by atoms with Gasteiger partial charge in [-0.05, 0) is 50.4 Å². The van der Waals surface area contributed by atoms with Crippen molar-refractivity contribution in [3.63, 3.8) is 0 Å². The van der Waals surface area contributed by atoms with Gasteiger partial charge in [-0.15, -0.1) is 11.3 Å². The molecule has 6 heteroatoms. The molecule has 3 rings (SSSR count). The Morgan fingerprint density at radius 2 is 2.17 bits per heavy atom. The molecule has 1 aliphatic heterocycles. The zero-order valence-electron chi connectivity index (χ0n) is 13.9. The third-order valence-corrected chi connectivity index (χ3v) is 5.77. The number of thiophene rings is 1. The first kappa shape index (κ1) is 17.3. The van der Waals surface area contributed by atoms with Crippen LogP contribution in [-0.2, 0) is 4.74 Å². The highest BCUT2D eigenvalue weighted by Crippen LogP contribution is 2.33. The number of likely N-dealkylation sites (tertiary alicyclic amines) is 1. The highest BCUT2D eigenvalue weighted by Gasteiger charge is 2.27. The largest absolute Gasteiger partial charge is 0.378 e. The van der Waals surface area contributed by atoms with Crippen molar-refractivity contribution >= 4 is 27.3 Å². The molecule has 0 unspecified atom stereocenters. The van der Waals surface area contributed by atoms with E-state index in [1.807, 2.05) is 17.9 Å². The van der Waals surface area contributed by atoms with Crippen molar-refractivity contribution in [2.45, 2.75) is 32.3 Å². The first-order chi connectivity index (χ1) is 11.6. The molecule has 4 nitrogen and oxygen atoms in total. The highest BCUT2D eigenvalue weighted by atomic mass is 32.1. The van der Waals surface area contributed by atoms with Crippen molar-refractivity contribution in [3.8, 4) is 0 Å². The van der Waals surface area contributed by atoms with E-state index >= 15 is 0 Å². The molecule has 1 amide bonds. The fourth-order valence-electron chi connectivity index (χ4n) is 3.16. The van der Waals surface area contributed by atoms with Crippen LogP contribution in [0.15, 0.2) is 18.2 Å². The Hall–Kier alpha value is -1.50. The van der Waals surface area contributed by atoms with E-state index in [2.05, 4.69) is 0 Å². The van der Waals surface area contributed by atoms with Gasteiger partial charge in [0.05, 0.1) is 11.0 Å². The summed E-state index contributed by atoms with van der Waals surface area (Å²) in [6.45, 7) is 4.52. The molecule has 0 spiro atoms. The molecule has 1 aromatic heterocycles. The van der Waals surface area contributed by atoms with Gasteiger partial charge in [-0.25, -0.2) is 4.39 Å². The first-order valence-electron chi connectivity index (χ1n) is 8.40. The zero-order chi connectivity index (χ0) is 17.1. The van der Waals surface area contributed by atoms with Crippen LogP contribution in [0.2, 0.25) is 0 Å². The maximum absolute atomic E-state index is 14.0. The Balaban J connectivity index is 1.68. The topological polar surface area (TPSA) is 55.6 Å². The van der Waals surface area contributed by atoms with E-state index in [0.717, 1.165) is 29.5 Å². The number of ether oxygens (including phenoxy) is 1. The molecule has 1 aliphatic rings. The summed E-state index contributed by atoms with van der Waals surface area (Å²) in [5, 5.41) is 0.575. The Morgan fingerprint density at radius 1 is 1.42 bits per heavy atom. The summed E-state index contributed by atoms with van der Waals surface area (Å²) in [6.07, 6.45) is 2.76. The molecule has 0 aliphatic carbocycles. The third-order valence-electron chi connectivity index (χ3n) is 4.53. The van der Waals surface area contributed by atoms with E-state index in [-0.39, 0.29) is 17.8 Å². The predicted molar refractivity (Wildman–Crippen MR) is 95.1 cm³/mol. The average molecular weight is 350 g/mol. The maximum Gasteiger partial charge on any atom is 0.264 e. The average Bonchev–Trinajstić information content (AvgIpc) is 2.93. The van der Waals surface area contributed by atoms with Crippen molar-refractivity contribution in [1.29, 1.82) is 0 Å². The number of piperidine rings is 1. The van der Waals surface area contributed by atoms with Gasteiger partial charge in [-0.2, -0.15) is 0 Å². The summed E-state index contributed by atoms with van der Waals surface area (Å²) in [4.78, 5) is 15.3. The van der Waals surface area contributed by atoms with Gasteiger partial charge in [0.2, 0.25) is 0 Å². The number of amides is 1. The van der Waals surface area contributed by atoms with Crippen LogP contribution >= 0.6 is 11.3 Å². The van der Waals surface area contributed by atoms with Crippen LogP contribution < -0.4 is 5.73 Å². The lowest BCUT2D eigenvalue weighted by molar-refractivity contribution is 0.00856. The molecule has 0 saturated carbocycles. The minimum Gasteiger partial charge on any atom is -0.378 e. The molecular formula is C18H23FN2O2S. The molecular weight excluding hydrogens is 327 g/mol. The molecule has 1 fully saturated rings. The van der Waals surface area contributed by atoms with E-state index in [1.54, 1.807) is 6.07 Å². The van der Waals surface area contributed by atoms with Gasteiger partial charge in [-0.1, -0.05) is 6.07 Å². The van der Waals surface area contributed by atoms with Crippen molar-refractivity contribution in [2.24, 2.45) is 5.73 Å². The molecule has 2 N–H and O–H groups in total. The Kier molecular flexibility index (Phi) is 5.48. The summed E-state index contributed by atoms with van der Waals surface area (Å²) in [5.74, 6) is -0.249. The van der Waals surface area contributed by atoms with Crippen LogP contribution in [0.1, 0.15) is 34.5 Å². The maximum atomic E-state index is 14.0. The minimum atomic E-state index is -0.257. The van der Waals surface area contributed by atoms with Gasteiger partial charge < -0.3 is 15.4 Å². The minimum absolute atomic E-state index is 0.00788. The number of carbonyl (C=O) groups is 1. The smallest absolute Gasteiger partial charge is 0.264 e. The number of nitrogens with two attached hydrogens (primary N) is 1. The van der Waals surface area contributed by atoms with Gasteiger partial charge in [-0.3, -0.25) is 4.79 Å². The molecule has 0 atom stereocenters. The van der Waals surface area contributed by atoms with E-state index in [9.17, 15) is 9.18 Å². The van der Waals surface area contributed by atoms with Crippen molar-refractivity contribution < 1.29 is 13.9 Å². The lowest BCUT2D eigenvalue weighted by Gasteiger charge is -2.31. The Labute approximate surface area is 145 Å². The first-order valence-corrected chi connectivity index (χ1v) is 9.22. The van der Waals surface area contributed by atoms with Gasteiger partial charge in [0.15, 0.2) is 0 Å². The molecule has 0 bridgehead atoms. The number of fused-ring (bicyclic) bond motifs is 1. The summed E-state index contributed by atoms with van der Waals surface area (Å²) >= 11 is 1.38. The molecule has 1 saturated heterocycles. The SMILES string of the molecule is Cc1c(C(=O)N2CCC(OCCCN)CC2)sc2cccc(F)c12. The van der Waals surface area contributed by atoms with E-state index in [4.69, 9.17) is 10.5 Å². The predicted octanol–water partition coefficient (Wildman–Crippen LogP) is 3.32. The molecule has 24 heavy (non-hydrogen) atoms. The highest BCUT2D eigenvalue weighted by molar-refractivity contribution is 7.21. The van der Waals surface area contributed by atoms with Gasteiger partial charge in [0.25, 0.3) is 5.91 Å². The van der Waals surface area contributed by atoms with E-state index in [1.165, 1.54) is 17.4 Å². The molecule has 2 heterocycles. The van der Waals surface area contributed by atoms with Crippen LogP contribution in [0.4, 0.5) is 4.39 Å². The quantitative estimate of drug-likeness (QED) is 0.842. The number of carbonyl (C=O) groups excluding carboxylic acids is 1. The van der Waals surface area contributed by atoms with E-state index in [0.29, 0.717) is 36.5 Å². The lowest BCUT2D eigenvalue weighted by Crippen LogP contribution is -2.41. The van der Waals surface area contributed by atoms with E-state index < -0.39 is 0 Å². The number of hydrogen-bond donors (Lipinski definition) is 1. The summed E-state index contributed by atoms with van der Waals surface area (Å²) in [6, 6.07) is 5.00. The number of hydrogen-bond acceptors (Lipinski definition) is 4. The molecule has 1 aromatic carbocycles. The van der Waals surface area contributed by atoms with Gasteiger partial charge >= 0.3 is 0 Å². The van der Waals surface area contributed by atoms with Crippen LogP contribution in [-0.4, -0.2) is 43.2 Å². The van der Waals surface area contributed by atoms with Crippen molar-refractivity contribution in [3.05, 3.63) is 34.5 Å². The summed E-state index contributed by atoms with van der Waals surface area (Å²) in [5.41, 5.74) is 6.22. The molecule has 130 valence electrons. The zero-order valence-corrected chi connectivity index (χ0v) is 14.7. The number of benzene rings is 1. The molecule has 0 radical (unpaired) electrons. The fraction of sp³-hybridized carbons (Fsp3) is 0.500. The Bertz CT molecular complexity index is 723. The van der Waals surface area contributed by atoms with Crippen molar-refractivity contribution in [2.75, 3.05) is 26.2 Å². The second kappa shape index (κ2) is 7.59. The summed E-state index contributed by atoms with van der Waals surface area (Å²) in [7, 11) is 0. The number of rotatable bonds is 5. The molecule has 2 aromatic rings. The van der Waals surface area contributed by atoms with Crippen LogP contribution in [0, 0.1) is 12.7 Å². The van der Waals surface area contributed by atoms with Crippen molar-refractivity contribution in [1.82, 2.24) is 4.90 Å². The van der Waals surface area contributed by atoms with Gasteiger partial charge in [0.1, 0.15) is 5.82 Å². The van der Waals surface area contributed by atoms with Gasteiger partial charge in [0, 0.05) is 29.8 Å². The number of halogens is 1. The van der Waals surface area contributed by atoms with Crippen LogP contribution in [0.3, 0.4) is 0 Å². The Morgan fingerprint density at radius 3 is 2.83 bits per heavy atom. The monoisotopic (exact) mass is 350 g/mol. The van der Waals surface area contributed by atoms with Crippen LogP contribution in [0.5, 0.6) is 0 Å². The fourth-order valence-corrected chi connectivity index (χ4v) is 4.35. The second-order valence-corrected chi connectivity index (χ2v) is 7.23. The summed E-state index contributed by atoms with van der Waals surface area (Å²) < 4.78 is 20.6. The number of aryl methyl sites for hydroxylation is 1. The standard InChI is InChI=1S/C18H23FN2O2S/c1-12-16-14(19)4-2-5-15(16)24-17(12)18(22)21-9-6-13(7-10-21)23-11-3-8-20/h2,4-5,13H,3,6-11,20H2,1H3. The lowest BCUT2D eigenvalue weighted by atomic mass is 10.1. The second-order valence-electron chi connectivity index (χ2n) is 6.17. The number of nitrogens with zero attached hydrogens (tertiary/aromatic N) is 1. The van der Waals surface area contributed by atoms with Crippen LogP contribution in [0.25, 0.3) is 10.1 Å². The third kappa shape index (κ3) is 3.45.